The van der Waals surface area contributed by atoms with Crippen molar-refractivity contribution < 1.29 is 9.18 Å². The van der Waals surface area contributed by atoms with Crippen LogP contribution in [0.25, 0.3) is 0 Å². The highest BCUT2D eigenvalue weighted by Gasteiger charge is 2.13. The molecule has 0 radical (unpaired) electrons. The van der Waals surface area contributed by atoms with Crippen LogP contribution in [0.2, 0.25) is 0 Å². The number of nitrogens with two attached hydrogens (primary N) is 1. The summed E-state index contributed by atoms with van der Waals surface area (Å²) in [7, 11) is 0. The van der Waals surface area contributed by atoms with Crippen LogP contribution in [0, 0.1) is 5.82 Å². The zero-order valence-electron chi connectivity index (χ0n) is 8.66. The normalized spacial score (nSPS) is 12.2. The van der Waals surface area contributed by atoms with Crippen LogP contribution in [0.3, 0.4) is 0 Å². The van der Waals surface area contributed by atoms with E-state index in [9.17, 15) is 9.18 Å². The van der Waals surface area contributed by atoms with Crippen LogP contribution in [-0.2, 0) is 4.79 Å². The van der Waals surface area contributed by atoms with Crippen LogP contribution >= 0.6 is 0 Å². The van der Waals surface area contributed by atoms with Crippen molar-refractivity contribution in [2.24, 2.45) is 5.73 Å². The molecular weight excluding hydrogens is 195 g/mol. The fourth-order valence-corrected chi connectivity index (χ4v) is 1.25. The van der Waals surface area contributed by atoms with Crippen LogP contribution in [-0.4, -0.2) is 19.0 Å². The van der Waals surface area contributed by atoms with Crippen molar-refractivity contribution in [3.05, 3.63) is 35.6 Å². The third-order valence-corrected chi connectivity index (χ3v) is 2.21. The summed E-state index contributed by atoms with van der Waals surface area (Å²) >= 11 is 0. The van der Waals surface area contributed by atoms with Gasteiger partial charge in [-0.15, -0.1) is 0 Å². The third-order valence-electron chi connectivity index (χ3n) is 2.21. The van der Waals surface area contributed by atoms with E-state index < -0.39 is 0 Å². The number of hydrogen-bond donors (Lipinski definition) is 2. The van der Waals surface area contributed by atoms with E-state index in [0.29, 0.717) is 13.1 Å². The van der Waals surface area contributed by atoms with Crippen molar-refractivity contribution in [3.63, 3.8) is 0 Å². The molecule has 15 heavy (non-hydrogen) atoms. The maximum absolute atomic E-state index is 12.6. The molecule has 3 N–H and O–H groups in total. The fourth-order valence-electron chi connectivity index (χ4n) is 1.25. The van der Waals surface area contributed by atoms with Crippen LogP contribution in [0.4, 0.5) is 4.39 Å². The topological polar surface area (TPSA) is 55.1 Å². The Bertz CT molecular complexity index is 324. The number of rotatable bonds is 4. The number of benzene rings is 1. The van der Waals surface area contributed by atoms with Gasteiger partial charge in [-0.2, -0.15) is 0 Å². The average molecular weight is 210 g/mol. The molecule has 1 amide bonds. The zero-order chi connectivity index (χ0) is 11.3. The van der Waals surface area contributed by atoms with Crippen molar-refractivity contribution in [1.29, 1.82) is 0 Å². The first-order chi connectivity index (χ1) is 7.15. The highest BCUT2D eigenvalue weighted by Crippen LogP contribution is 2.15. The number of amides is 1. The molecule has 0 bridgehead atoms. The number of carbonyl (C=O) groups is 1. The molecule has 0 saturated carbocycles. The molecule has 1 atom stereocenters. The SMILES string of the molecule is CC(C(=O)NCCN)c1ccc(F)cc1. The Morgan fingerprint density at radius 1 is 1.47 bits per heavy atom. The van der Waals surface area contributed by atoms with E-state index in [1.807, 2.05) is 0 Å². The minimum atomic E-state index is -0.298. The van der Waals surface area contributed by atoms with Crippen LogP contribution in [0.15, 0.2) is 24.3 Å². The minimum Gasteiger partial charge on any atom is -0.354 e. The lowest BCUT2D eigenvalue weighted by atomic mass is 10.0. The predicted molar refractivity (Wildman–Crippen MR) is 56.9 cm³/mol. The van der Waals surface area contributed by atoms with Crippen LogP contribution in [0.5, 0.6) is 0 Å². The van der Waals surface area contributed by atoms with E-state index in [4.69, 9.17) is 5.73 Å². The monoisotopic (exact) mass is 210 g/mol. The Morgan fingerprint density at radius 2 is 2.07 bits per heavy atom. The van der Waals surface area contributed by atoms with E-state index in [1.165, 1.54) is 12.1 Å². The molecule has 0 aliphatic rings. The maximum Gasteiger partial charge on any atom is 0.227 e. The van der Waals surface area contributed by atoms with E-state index in [2.05, 4.69) is 5.32 Å². The van der Waals surface area contributed by atoms with Crippen LogP contribution in [0.1, 0.15) is 18.4 Å². The largest absolute Gasteiger partial charge is 0.354 e. The summed E-state index contributed by atoms with van der Waals surface area (Å²) in [5.41, 5.74) is 6.07. The quantitative estimate of drug-likeness (QED) is 0.779. The van der Waals surface area contributed by atoms with Gasteiger partial charge in [0.05, 0.1) is 5.92 Å². The first kappa shape index (κ1) is 11.7. The van der Waals surface area contributed by atoms with Gasteiger partial charge in [-0.1, -0.05) is 12.1 Å². The second-order valence-electron chi connectivity index (χ2n) is 3.35. The highest BCUT2D eigenvalue weighted by molar-refractivity contribution is 5.83. The van der Waals surface area contributed by atoms with Crippen molar-refractivity contribution in [2.75, 3.05) is 13.1 Å². The second kappa shape index (κ2) is 5.46. The fraction of sp³-hybridized carbons (Fsp3) is 0.364. The molecule has 0 heterocycles. The molecule has 82 valence electrons. The van der Waals surface area contributed by atoms with Crippen molar-refractivity contribution in [1.82, 2.24) is 5.32 Å². The van der Waals surface area contributed by atoms with Gasteiger partial charge in [0.1, 0.15) is 5.82 Å². The Labute approximate surface area is 88.5 Å². The Balaban J connectivity index is 2.63. The third kappa shape index (κ3) is 3.32. The molecule has 1 aromatic carbocycles. The molecule has 0 aliphatic carbocycles. The standard InChI is InChI=1S/C11H15FN2O/c1-8(11(15)14-7-6-13)9-2-4-10(12)5-3-9/h2-5,8H,6-7,13H2,1H3,(H,14,15). The van der Waals surface area contributed by atoms with Crippen molar-refractivity contribution in [2.45, 2.75) is 12.8 Å². The predicted octanol–water partition coefficient (Wildman–Crippen LogP) is 1.00. The lowest BCUT2D eigenvalue weighted by Crippen LogP contribution is -2.32. The zero-order valence-corrected chi connectivity index (χ0v) is 8.66. The molecule has 3 nitrogen and oxygen atoms in total. The van der Waals surface area contributed by atoms with Crippen LogP contribution < -0.4 is 11.1 Å². The smallest absolute Gasteiger partial charge is 0.227 e. The average Bonchev–Trinajstić information content (AvgIpc) is 2.26. The van der Waals surface area contributed by atoms with E-state index >= 15 is 0 Å². The summed E-state index contributed by atoms with van der Waals surface area (Å²) in [6, 6.07) is 5.92. The summed E-state index contributed by atoms with van der Waals surface area (Å²) < 4.78 is 12.6. The van der Waals surface area contributed by atoms with Crippen molar-refractivity contribution in [3.8, 4) is 0 Å². The van der Waals surface area contributed by atoms with Gasteiger partial charge in [0.25, 0.3) is 0 Å². The summed E-state index contributed by atoms with van der Waals surface area (Å²) in [5, 5.41) is 2.69. The Morgan fingerprint density at radius 3 is 2.60 bits per heavy atom. The van der Waals surface area contributed by atoms with Gasteiger partial charge in [0.15, 0.2) is 0 Å². The van der Waals surface area contributed by atoms with Gasteiger partial charge in [-0.05, 0) is 24.6 Å². The van der Waals surface area contributed by atoms with Gasteiger partial charge in [0.2, 0.25) is 5.91 Å². The molecule has 0 aliphatic heterocycles. The molecule has 0 fully saturated rings. The molecule has 1 rings (SSSR count). The summed E-state index contributed by atoms with van der Waals surface area (Å²) in [5.74, 6) is -0.669. The van der Waals surface area contributed by atoms with Gasteiger partial charge in [-0.25, -0.2) is 4.39 Å². The summed E-state index contributed by atoms with van der Waals surface area (Å²) in [6.45, 7) is 2.66. The van der Waals surface area contributed by atoms with Gasteiger partial charge in [-0.3, -0.25) is 4.79 Å². The second-order valence-corrected chi connectivity index (χ2v) is 3.35. The number of hydrogen-bond acceptors (Lipinski definition) is 2. The Kier molecular flexibility index (Phi) is 4.24. The van der Waals surface area contributed by atoms with E-state index in [-0.39, 0.29) is 17.6 Å². The Hall–Kier alpha value is -1.42. The molecule has 4 heteroatoms. The van der Waals surface area contributed by atoms with Gasteiger partial charge in [0, 0.05) is 13.1 Å². The van der Waals surface area contributed by atoms with E-state index in [0.717, 1.165) is 5.56 Å². The summed E-state index contributed by atoms with van der Waals surface area (Å²) in [6.07, 6.45) is 0. The molecular formula is C11H15FN2O. The van der Waals surface area contributed by atoms with E-state index in [1.54, 1.807) is 19.1 Å². The lowest BCUT2D eigenvalue weighted by Gasteiger charge is -2.11. The molecule has 0 spiro atoms. The number of nitrogens with one attached hydrogen (secondary N) is 1. The minimum absolute atomic E-state index is 0.0907. The number of halogens is 1. The molecule has 1 aromatic rings. The number of carbonyl (C=O) groups excluding carboxylic acids is 1. The first-order valence-corrected chi connectivity index (χ1v) is 4.88. The highest BCUT2D eigenvalue weighted by atomic mass is 19.1. The molecule has 0 aromatic heterocycles. The van der Waals surface area contributed by atoms with Crippen molar-refractivity contribution >= 4 is 5.91 Å². The first-order valence-electron chi connectivity index (χ1n) is 4.88. The van der Waals surface area contributed by atoms with Gasteiger partial charge < -0.3 is 11.1 Å². The molecule has 0 saturated heterocycles. The molecule has 1 unspecified atom stereocenters. The lowest BCUT2D eigenvalue weighted by molar-refractivity contribution is -0.122. The van der Waals surface area contributed by atoms with Gasteiger partial charge >= 0.3 is 0 Å². The summed E-state index contributed by atoms with van der Waals surface area (Å²) in [4.78, 5) is 11.5. The maximum atomic E-state index is 12.6.